The summed E-state index contributed by atoms with van der Waals surface area (Å²) in [5.41, 5.74) is 1.58. The molecule has 4 heteroatoms. The summed E-state index contributed by atoms with van der Waals surface area (Å²) >= 11 is 0. The Morgan fingerprint density at radius 1 is 1.50 bits per heavy atom. The minimum absolute atomic E-state index is 0.527. The molecule has 0 aliphatic carbocycles. The summed E-state index contributed by atoms with van der Waals surface area (Å²) in [5.74, 6) is 0. The monoisotopic (exact) mass is 143 g/mol. The van der Waals surface area contributed by atoms with Crippen molar-refractivity contribution in [2.24, 2.45) is 0 Å². The minimum Gasteiger partial charge on any atom is -0.0882 e. The maximum Gasteiger partial charge on any atom is 0.244 e. The van der Waals surface area contributed by atoms with Gasteiger partial charge in [-0.2, -0.15) is 0 Å². The molecular formula is C6H11N2O2+. The van der Waals surface area contributed by atoms with Gasteiger partial charge in [-0.3, -0.25) is 0 Å². The van der Waals surface area contributed by atoms with E-state index in [2.05, 4.69) is 9.79 Å². The van der Waals surface area contributed by atoms with Gasteiger partial charge in [0, 0.05) is 12.8 Å². The second-order valence-corrected chi connectivity index (χ2v) is 2.08. The lowest BCUT2D eigenvalue weighted by molar-refractivity contribution is -0.719. The van der Waals surface area contributed by atoms with Crippen LogP contribution < -0.4 is 4.60 Å². The van der Waals surface area contributed by atoms with Crippen molar-refractivity contribution in [3.05, 3.63) is 16.3 Å². The molecule has 0 fully saturated rings. The summed E-state index contributed by atoms with van der Waals surface area (Å²) in [6, 6.07) is 0. The highest BCUT2D eigenvalue weighted by Crippen LogP contribution is 1.99. The third kappa shape index (κ3) is 0.964. The molecular weight excluding hydrogens is 132 g/mol. The van der Waals surface area contributed by atoms with Crippen LogP contribution in [0.5, 0.6) is 0 Å². The highest BCUT2D eigenvalue weighted by molar-refractivity contribution is 5.01. The van der Waals surface area contributed by atoms with E-state index in [0.717, 1.165) is 12.1 Å². The Morgan fingerprint density at radius 2 is 2.20 bits per heavy atom. The third-order valence-corrected chi connectivity index (χ3v) is 1.51. The fraction of sp³-hybridized carbons (Fsp3) is 0.667. The Hall–Kier alpha value is -1.06. The van der Waals surface area contributed by atoms with Crippen molar-refractivity contribution in [2.45, 2.75) is 26.7 Å². The summed E-state index contributed by atoms with van der Waals surface area (Å²) in [7, 11) is 0. The summed E-state index contributed by atoms with van der Waals surface area (Å²) < 4.78 is 5.04. The van der Waals surface area contributed by atoms with Crippen LogP contribution >= 0.6 is 0 Å². The van der Waals surface area contributed by atoms with E-state index >= 15 is 0 Å². The van der Waals surface area contributed by atoms with Crippen LogP contribution in [-0.2, 0) is 12.8 Å². The molecule has 1 aromatic heterocycles. The fourth-order valence-corrected chi connectivity index (χ4v) is 0.939. The van der Waals surface area contributed by atoms with E-state index in [9.17, 15) is 4.91 Å². The average Bonchev–Trinajstić information content (AvgIpc) is 2.30. The number of rotatable bonds is 2. The SMILES string of the molecule is CCc1[nH]o[n+](=O)c1CC. The van der Waals surface area contributed by atoms with Gasteiger partial charge in [-0.15, -0.1) is 0 Å². The Morgan fingerprint density at radius 3 is 2.60 bits per heavy atom. The van der Waals surface area contributed by atoms with E-state index in [1.54, 1.807) is 0 Å². The van der Waals surface area contributed by atoms with Gasteiger partial charge in [0.25, 0.3) is 0 Å². The fourth-order valence-electron chi connectivity index (χ4n) is 0.939. The van der Waals surface area contributed by atoms with Gasteiger partial charge in [0.1, 0.15) is 0 Å². The van der Waals surface area contributed by atoms with Crippen LogP contribution in [0, 0.1) is 4.91 Å². The zero-order valence-electron chi connectivity index (χ0n) is 6.18. The Bertz CT molecular complexity index is 261. The highest BCUT2D eigenvalue weighted by atomic mass is 16.7. The van der Waals surface area contributed by atoms with Crippen molar-refractivity contribution < 1.29 is 9.23 Å². The first-order valence-electron chi connectivity index (χ1n) is 3.41. The summed E-state index contributed by atoms with van der Waals surface area (Å²) in [5, 5.41) is 2.55. The number of nitrogens with one attached hydrogen (secondary N) is 1. The maximum atomic E-state index is 10.7. The van der Waals surface area contributed by atoms with E-state index in [0.29, 0.717) is 16.7 Å². The summed E-state index contributed by atoms with van der Waals surface area (Å²) in [6.07, 6.45) is 1.52. The number of nitrogens with zero attached hydrogens (tertiary/aromatic N) is 1. The lowest BCUT2D eigenvalue weighted by atomic mass is 10.2. The van der Waals surface area contributed by atoms with E-state index in [4.69, 9.17) is 0 Å². The molecule has 0 amide bonds. The lowest BCUT2D eigenvalue weighted by Crippen LogP contribution is -2.15. The van der Waals surface area contributed by atoms with Crippen LogP contribution in [0.3, 0.4) is 0 Å². The van der Waals surface area contributed by atoms with Crippen LogP contribution in [0.1, 0.15) is 25.2 Å². The molecule has 0 unspecified atom stereocenters. The van der Waals surface area contributed by atoms with Gasteiger partial charge in [-0.1, -0.05) is 23.6 Å². The van der Waals surface area contributed by atoms with Crippen LogP contribution in [0.15, 0.2) is 4.63 Å². The van der Waals surface area contributed by atoms with Crippen molar-refractivity contribution >= 4 is 0 Å². The number of H-pyrrole nitrogens is 1. The van der Waals surface area contributed by atoms with Crippen molar-refractivity contribution in [3.8, 4) is 0 Å². The number of hydrogen-bond acceptors (Lipinski definition) is 2. The first kappa shape index (κ1) is 7.05. The van der Waals surface area contributed by atoms with E-state index in [-0.39, 0.29) is 0 Å². The van der Waals surface area contributed by atoms with Crippen molar-refractivity contribution in [2.75, 3.05) is 0 Å². The number of hydrogen-bond donors (Lipinski definition) is 1. The number of aromatic amines is 1. The molecule has 10 heavy (non-hydrogen) atoms. The zero-order valence-corrected chi connectivity index (χ0v) is 6.18. The smallest absolute Gasteiger partial charge is 0.0882 e. The van der Waals surface area contributed by atoms with Crippen molar-refractivity contribution in [1.82, 2.24) is 5.16 Å². The van der Waals surface area contributed by atoms with Crippen LogP contribution in [0.2, 0.25) is 0 Å². The Labute approximate surface area is 58.4 Å². The normalized spacial score (nSPS) is 10.2. The predicted octanol–water partition coefficient (Wildman–Crippen LogP) is 0.647. The molecule has 0 bridgehead atoms. The number of aryl methyl sites for hydroxylation is 1. The van der Waals surface area contributed by atoms with E-state index in [1.807, 2.05) is 13.8 Å². The molecule has 0 radical (unpaired) electrons. The van der Waals surface area contributed by atoms with Gasteiger partial charge >= 0.3 is 0 Å². The van der Waals surface area contributed by atoms with Gasteiger partial charge in [0.15, 0.2) is 10.3 Å². The molecule has 56 valence electrons. The molecule has 4 nitrogen and oxygen atoms in total. The predicted molar refractivity (Wildman–Crippen MR) is 35.2 cm³/mol. The molecule has 0 aliphatic rings. The van der Waals surface area contributed by atoms with Crippen molar-refractivity contribution in [3.63, 3.8) is 0 Å². The average molecular weight is 143 g/mol. The van der Waals surface area contributed by atoms with E-state index in [1.165, 1.54) is 0 Å². The summed E-state index contributed by atoms with van der Waals surface area (Å²) in [6.45, 7) is 3.90. The van der Waals surface area contributed by atoms with Gasteiger partial charge in [-0.25, -0.2) is 0 Å². The number of aromatic nitrogens is 2. The lowest BCUT2D eigenvalue weighted by Gasteiger charge is -1.80. The largest absolute Gasteiger partial charge is 0.244 e. The topological polar surface area (TPSA) is 51.9 Å². The molecule has 0 saturated heterocycles. The first-order valence-corrected chi connectivity index (χ1v) is 3.41. The standard InChI is InChI=1S/C6H11N2O2/c1-3-5-6(4-2)8(9)10-7-5/h7H,3-4H2,1-2H3/q+1. The minimum atomic E-state index is 0.527. The van der Waals surface area contributed by atoms with Crippen LogP contribution in [0.25, 0.3) is 0 Å². The first-order chi connectivity index (χ1) is 4.79. The van der Waals surface area contributed by atoms with Crippen LogP contribution in [-0.4, -0.2) is 5.16 Å². The van der Waals surface area contributed by atoms with Gasteiger partial charge in [0.2, 0.25) is 5.69 Å². The molecule has 0 aromatic carbocycles. The molecule has 0 saturated carbocycles. The Kier molecular flexibility index (Phi) is 1.89. The molecule has 0 spiro atoms. The summed E-state index contributed by atoms with van der Waals surface area (Å²) in [4.78, 5) is 10.7. The van der Waals surface area contributed by atoms with Crippen LogP contribution in [0.4, 0.5) is 0 Å². The van der Waals surface area contributed by atoms with Gasteiger partial charge < -0.3 is 0 Å². The zero-order chi connectivity index (χ0) is 7.56. The quantitative estimate of drug-likeness (QED) is 0.660. The molecule has 0 atom stereocenters. The van der Waals surface area contributed by atoms with Crippen molar-refractivity contribution in [1.29, 1.82) is 0 Å². The molecule has 1 rings (SSSR count). The Balaban J connectivity index is 3.13. The molecule has 0 aliphatic heterocycles. The van der Waals surface area contributed by atoms with E-state index < -0.39 is 0 Å². The molecule has 1 heterocycles. The second-order valence-electron chi connectivity index (χ2n) is 2.08. The van der Waals surface area contributed by atoms with Gasteiger partial charge in [-0.05, 0) is 4.91 Å². The third-order valence-electron chi connectivity index (χ3n) is 1.51. The molecule has 1 aromatic rings. The maximum absolute atomic E-state index is 10.7. The second kappa shape index (κ2) is 2.68. The van der Waals surface area contributed by atoms with Gasteiger partial charge in [0.05, 0.1) is 0 Å². The molecule has 1 N–H and O–H groups in total. The highest BCUT2D eigenvalue weighted by Gasteiger charge is 2.14.